The van der Waals surface area contributed by atoms with Crippen LogP contribution in [0.1, 0.15) is 26.3 Å². The number of methoxy groups -OCH3 is 1. The second-order valence-electron chi connectivity index (χ2n) is 4.97. The molecule has 19 heavy (non-hydrogen) atoms. The van der Waals surface area contributed by atoms with Gasteiger partial charge in [-0.2, -0.15) is 0 Å². The Morgan fingerprint density at radius 2 is 1.89 bits per heavy atom. The van der Waals surface area contributed by atoms with E-state index in [1.54, 1.807) is 12.0 Å². The van der Waals surface area contributed by atoms with Gasteiger partial charge in [0.1, 0.15) is 5.75 Å². The van der Waals surface area contributed by atoms with Crippen molar-refractivity contribution >= 4 is 5.91 Å². The molecule has 0 saturated carbocycles. The summed E-state index contributed by atoms with van der Waals surface area (Å²) >= 11 is 0. The molecule has 0 spiro atoms. The quantitative estimate of drug-likeness (QED) is 0.855. The Morgan fingerprint density at radius 1 is 1.32 bits per heavy atom. The van der Waals surface area contributed by atoms with Gasteiger partial charge in [-0.3, -0.25) is 4.79 Å². The molecule has 1 aromatic rings. The summed E-state index contributed by atoms with van der Waals surface area (Å²) in [6.45, 7) is 7.13. The van der Waals surface area contributed by atoms with Crippen molar-refractivity contribution in [3.05, 3.63) is 29.8 Å². The molecule has 106 valence electrons. The molecule has 1 amide bonds. The molecule has 1 aromatic carbocycles. The molecule has 0 saturated heterocycles. The molecule has 4 heteroatoms. The van der Waals surface area contributed by atoms with Crippen LogP contribution in [0.3, 0.4) is 0 Å². The largest absolute Gasteiger partial charge is 0.497 e. The monoisotopic (exact) mass is 264 g/mol. The van der Waals surface area contributed by atoms with E-state index in [0.29, 0.717) is 13.1 Å². The van der Waals surface area contributed by atoms with E-state index in [1.165, 1.54) is 0 Å². The lowest BCUT2D eigenvalue weighted by molar-refractivity contribution is -0.134. The first-order valence-electron chi connectivity index (χ1n) is 6.66. The van der Waals surface area contributed by atoms with E-state index in [4.69, 9.17) is 10.5 Å². The van der Waals surface area contributed by atoms with Crippen LogP contribution in [0.25, 0.3) is 0 Å². The van der Waals surface area contributed by atoms with Crippen LogP contribution in [0.4, 0.5) is 0 Å². The average molecular weight is 264 g/mol. The fourth-order valence-corrected chi connectivity index (χ4v) is 1.79. The minimum atomic E-state index is -0.432. The Morgan fingerprint density at radius 3 is 2.32 bits per heavy atom. The SMILES string of the molecule is CCN(Cc1ccc(OC)cc1)C(=O)[C@@H](N)C(C)C. The van der Waals surface area contributed by atoms with Gasteiger partial charge in [0.15, 0.2) is 0 Å². The predicted molar refractivity (Wildman–Crippen MR) is 76.9 cm³/mol. The van der Waals surface area contributed by atoms with Gasteiger partial charge in [0.25, 0.3) is 0 Å². The molecule has 1 rings (SSSR count). The summed E-state index contributed by atoms with van der Waals surface area (Å²) in [5, 5.41) is 0. The molecule has 1 atom stereocenters. The number of nitrogens with two attached hydrogens (primary N) is 1. The zero-order chi connectivity index (χ0) is 14.4. The molecular weight excluding hydrogens is 240 g/mol. The lowest BCUT2D eigenvalue weighted by Gasteiger charge is -2.26. The molecule has 0 aliphatic carbocycles. The van der Waals surface area contributed by atoms with Crippen LogP contribution < -0.4 is 10.5 Å². The second-order valence-corrected chi connectivity index (χ2v) is 4.97. The number of likely N-dealkylation sites (N-methyl/N-ethyl adjacent to an activating group) is 1. The number of carbonyl (C=O) groups excluding carboxylic acids is 1. The summed E-state index contributed by atoms with van der Waals surface area (Å²) in [6.07, 6.45) is 0. The molecule has 0 aliphatic rings. The lowest BCUT2D eigenvalue weighted by Crippen LogP contribution is -2.46. The van der Waals surface area contributed by atoms with Gasteiger partial charge in [0, 0.05) is 13.1 Å². The molecule has 2 N–H and O–H groups in total. The van der Waals surface area contributed by atoms with Crippen LogP contribution in [0, 0.1) is 5.92 Å². The van der Waals surface area contributed by atoms with Gasteiger partial charge in [-0.05, 0) is 30.5 Å². The van der Waals surface area contributed by atoms with E-state index in [9.17, 15) is 4.79 Å². The van der Waals surface area contributed by atoms with E-state index in [1.807, 2.05) is 45.0 Å². The van der Waals surface area contributed by atoms with Crippen molar-refractivity contribution in [2.24, 2.45) is 11.7 Å². The van der Waals surface area contributed by atoms with Crippen LogP contribution >= 0.6 is 0 Å². The Kier molecular flexibility index (Phi) is 5.83. The zero-order valence-corrected chi connectivity index (χ0v) is 12.2. The number of rotatable bonds is 6. The maximum absolute atomic E-state index is 12.2. The van der Waals surface area contributed by atoms with Crippen molar-refractivity contribution < 1.29 is 9.53 Å². The minimum Gasteiger partial charge on any atom is -0.497 e. The Balaban J connectivity index is 2.72. The highest BCUT2D eigenvalue weighted by Gasteiger charge is 2.22. The molecule has 0 aromatic heterocycles. The Bertz CT molecular complexity index is 401. The van der Waals surface area contributed by atoms with Crippen molar-refractivity contribution in [1.82, 2.24) is 4.90 Å². The molecule has 0 bridgehead atoms. The first kappa shape index (κ1) is 15.5. The third-order valence-electron chi connectivity index (χ3n) is 3.23. The van der Waals surface area contributed by atoms with Gasteiger partial charge in [-0.25, -0.2) is 0 Å². The van der Waals surface area contributed by atoms with Gasteiger partial charge in [-0.1, -0.05) is 26.0 Å². The molecule has 0 aliphatic heterocycles. The number of benzene rings is 1. The van der Waals surface area contributed by atoms with E-state index in [0.717, 1.165) is 11.3 Å². The van der Waals surface area contributed by atoms with Crippen LogP contribution in [0.5, 0.6) is 5.75 Å². The zero-order valence-electron chi connectivity index (χ0n) is 12.2. The van der Waals surface area contributed by atoms with Crippen molar-refractivity contribution in [2.75, 3.05) is 13.7 Å². The molecule has 0 heterocycles. The highest BCUT2D eigenvalue weighted by atomic mass is 16.5. The summed E-state index contributed by atoms with van der Waals surface area (Å²) < 4.78 is 5.12. The van der Waals surface area contributed by atoms with E-state index < -0.39 is 6.04 Å². The summed E-state index contributed by atoms with van der Waals surface area (Å²) in [7, 11) is 1.64. The van der Waals surface area contributed by atoms with Crippen LogP contribution in [-0.4, -0.2) is 30.5 Å². The third kappa shape index (κ3) is 4.24. The van der Waals surface area contributed by atoms with Gasteiger partial charge in [0.05, 0.1) is 13.2 Å². The summed E-state index contributed by atoms with van der Waals surface area (Å²) in [5.41, 5.74) is 7.00. The number of nitrogens with zero attached hydrogens (tertiary/aromatic N) is 1. The number of amides is 1. The number of carbonyl (C=O) groups is 1. The maximum Gasteiger partial charge on any atom is 0.240 e. The van der Waals surface area contributed by atoms with Gasteiger partial charge in [0.2, 0.25) is 5.91 Å². The molecule has 4 nitrogen and oxygen atoms in total. The second kappa shape index (κ2) is 7.14. The Hall–Kier alpha value is -1.55. The topological polar surface area (TPSA) is 55.6 Å². The van der Waals surface area contributed by atoms with Crippen LogP contribution in [0.2, 0.25) is 0 Å². The van der Waals surface area contributed by atoms with Gasteiger partial charge in [-0.15, -0.1) is 0 Å². The van der Waals surface area contributed by atoms with E-state index in [-0.39, 0.29) is 11.8 Å². The Labute approximate surface area is 115 Å². The van der Waals surface area contributed by atoms with Crippen molar-refractivity contribution in [3.63, 3.8) is 0 Å². The first-order valence-corrected chi connectivity index (χ1v) is 6.66. The summed E-state index contributed by atoms with van der Waals surface area (Å²) in [5.74, 6) is 0.975. The van der Waals surface area contributed by atoms with Crippen LogP contribution in [-0.2, 0) is 11.3 Å². The summed E-state index contributed by atoms with van der Waals surface area (Å²) in [4.78, 5) is 14.0. The molecule has 0 unspecified atom stereocenters. The van der Waals surface area contributed by atoms with Crippen LogP contribution in [0.15, 0.2) is 24.3 Å². The number of hydrogen-bond donors (Lipinski definition) is 1. The third-order valence-corrected chi connectivity index (χ3v) is 3.23. The maximum atomic E-state index is 12.2. The average Bonchev–Trinajstić information content (AvgIpc) is 2.43. The first-order chi connectivity index (χ1) is 8.99. The number of ether oxygens (including phenoxy) is 1. The lowest BCUT2D eigenvalue weighted by atomic mass is 10.0. The molecule has 0 radical (unpaired) electrons. The fourth-order valence-electron chi connectivity index (χ4n) is 1.79. The van der Waals surface area contributed by atoms with E-state index >= 15 is 0 Å². The standard InChI is InChI=1S/C15H24N2O2/c1-5-17(15(18)14(16)11(2)3)10-12-6-8-13(19-4)9-7-12/h6-9,11,14H,5,10,16H2,1-4H3/t14-/m0/s1. The highest BCUT2D eigenvalue weighted by Crippen LogP contribution is 2.14. The molecule has 0 fully saturated rings. The number of hydrogen-bond acceptors (Lipinski definition) is 3. The summed E-state index contributed by atoms with van der Waals surface area (Å²) in [6, 6.07) is 7.30. The highest BCUT2D eigenvalue weighted by molar-refractivity contribution is 5.81. The predicted octanol–water partition coefficient (Wildman–Crippen LogP) is 2.03. The van der Waals surface area contributed by atoms with Crippen molar-refractivity contribution in [2.45, 2.75) is 33.4 Å². The van der Waals surface area contributed by atoms with Crippen molar-refractivity contribution in [3.8, 4) is 5.75 Å². The van der Waals surface area contributed by atoms with Gasteiger partial charge >= 0.3 is 0 Å². The normalized spacial score (nSPS) is 12.3. The fraction of sp³-hybridized carbons (Fsp3) is 0.533. The molecular formula is C15H24N2O2. The van der Waals surface area contributed by atoms with Gasteiger partial charge < -0.3 is 15.4 Å². The smallest absolute Gasteiger partial charge is 0.240 e. The van der Waals surface area contributed by atoms with E-state index in [2.05, 4.69) is 0 Å². The minimum absolute atomic E-state index is 0.00770. The van der Waals surface area contributed by atoms with Crippen molar-refractivity contribution in [1.29, 1.82) is 0 Å².